The molecule has 1 unspecified atom stereocenters. The average Bonchev–Trinajstić information content (AvgIpc) is 2.35. The molecule has 0 aliphatic carbocycles. The van der Waals surface area contributed by atoms with Gasteiger partial charge in [0.15, 0.2) is 0 Å². The molecule has 0 radical (unpaired) electrons. The molecule has 0 amide bonds. The predicted molar refractivity (Wildman–Crippen MR) is 77.9 cm³/mol. The summed E-state index contributed by atoms with van der Waals surface area (Å²) in [5.74, 6) is -0.744. The fourth-order valence-electron chi connectivity index (χ4n) is 2.19. The molecule has 0 spiro atoms. The van der Waals surface area contributed by atoms with Crippen molar-refractivity contribution in [3.8, 4) is 0 Å². The molecule has 0 saturated heterocycles. The molecule has 4 nitrogen and oxygen atoms in total. The van der Waals surface area contributed by atoms with Crippen LogP contribution in [0.15, 0.2) is 24.3 Å². The van der Waals surface area contributed by atoms with Crippen molar-refractivity contribution >= 4 is 11.7 Å². The van der Waals surface area contributed by atoms with Gasteiger partial charge in [-0.15, -0.1) is 0 Å². The van der Waals surface area contributed by atoms with E-state index >= 15 is 0 Å². The Kier molecular flexibility index (Phi) is 5.83. The van der Waals surface area contributed by atoms with E-state index in [1.54, 1.807) is 0 Å². The lowest BCUT2D eigenvalue weighted by atomic mass is 10.1. The molecule has 106 valence electrons. The van der Waals surface area contributed by atoms with Crippen LogP contribution in [0.2, 0.25) is 0 Å². The van der Waals surface area contributed by atoms with E-state index in [0.29, 0.717) is 13.0 Å². The Bertz CT molecular complexity index is 401. The molecule has 1 rings (SSSR count). The van der Waals surface area contributed by atoms with Crippen molar-refractivity contribution in [3.05, 3.63) is 29.8 Å². The zero-order chi connectivity index (χ0) is 14.4. The predicted octanol–water partition coefficient (Wildman–Crippen LogP) is 2.73. The third-order valence-electron chi connectivity index (χ3n) is 3.26. The van der Waals surface area contributed by atoms with Gasteiger partial charge < -0.3 is 10.8 Å². The van der Waals surface area contributed by atoms with Crippen LogP contribution in [0, 0.1) is 0 Å². The van der Waals surface area contributed by atoms with Gasteiger partial charge in [-0.3, -0.25) is 9.69 Å². The number of benzene rings is 1. The van der Waals surface area contributed by atoms with Gasteiger partial charge in [-0.2, -0.15) is 0 Å². The lowest BCUT2D eigenvalue weighted by Crippen LogP contribution is -2.44. The van der Waals surface area contributed by atoms with Gasteiger partial charge in [0, 0.05) is 18.3 Å². The number of hydrogen-bond donors (Lipinski definition) is 2. The molecule has 0 fully saturated rings. The molecule has 1 aromatic rings. The monoisotopic (exact) mass is 264 g/mol. The second-order valence-corrected chi connectivity index (χ2v) is 5.15. The van der Waals surface area contributed by atoms with Crippen molar-refractivity contribution in [1.82, 2.24) is 4.90 Å². The summed E-state index contributed by atoms with van der Waals surface area (Å²) in [5, 5.41) is 9.38. The smallest absolute Gasteiger partial charge is 0.320 e. The van der Waals surface area contributed by atoms with Crippen LogP contribution in [0.4, 0.5) is 5.69 Å². The summed E-state index contributed by atoms with van der Waals surface area (Å²) in [5.41, 5.74) is 7.48. The summed E-state index contributed by atoms with van der Waals surface area (Å²) in [4.78, 5) is 13.4. The molecular formula is C15H24N2O2. The van der Waals surface area contributed by atoms with Gasteiger partial charge in [-0.05, 0) is 38.0 Å². The van der Waals surface area contributed by atoms with Gasteiger partial charge in [-0.1, -0.05) is 25.5 Å². The standard InChI is InChI=1S/C15H24N2O2/c1-4-5-14(15(18)19)17(11(2)3)10-12-6-8-13(16)9-7-12/h6-9,11,14H,4-5,10,16H2,1-3H3,(H,18,19). The number of hydrogen-bond acceptors (Lipinski definition) is 3. The highest BCUT2D eigenvalue weighted by Gasteiger charge is 2.26. The van der Waals surface area contributed by atoms with Gasteiger partial charge >= 0.3 is 5.97 Å². The molecule has 0 saturated carbocycles. The summed E-state index contributed by atoms with van der Waals surface area (Å²) >= 11 is 0. The number of aliphatic carboxylic acids is 1. The summed E-state index contributed by atoms with van der Waals surface area (Å²) in [6.07, 6.45) is 1.53. The van der Waals surface area contributed by atoms with E-state index in [0.717, 1.165) is 17.7 Å². The van der Waals surface area contributed by atoms with Crippen molar-refractivity contribution in [2.75, 3.05) is 5.73 Å². The molecule has 0 heterocycles. The second kappa shape index (κ2) is 7.14. The van der Waals surface area contributed by atoms with Gasteiger partial charge in [0.2, 0.25) is 0 Å². The Labute approximate surface area is 115 Å². The normalized spacial score (nSPS) is 12.9. The SMILES string of the molecule is CCCC(C(=O)O)N(Cc1ccc(N)cc1)C(C)C. The van der Waals surface area contributed by atoms with E-state index in [2.05, 4.69) is 0 Å². The number of nitrogen functional groups attached to an aromatic ring is 1. The van der Waals surface area contributed by atoms with Gasteiger partial charge in [-0.25, -0.2) is 0 Å². The van der Waals surface area contributed by atoms with Crippen LogP contribution in [-0.2, 0) is 11.3 Å². The summed E-state index contributed by atoms with van der Waals surface area (Å²) < 4.78 is 0. The molecule has 1 atom stereocenters. The van der Waals surface area contributed by atoms with Crippen LogP contribution in [-0.4, -0.2) is 28.1 Å². The van der Waals surface area contributed by atoms with Crippen molar-refractivity contribution in [2.45, 2.75) is 52.2 Å². The number of rotatable bonds is 7. The van der Waals surface area contributed by atoms with Crippen molar-refractivity contribution in [1.29, 1.82) is 0 Å². The average molecular weight is 264 g/mol. The summed E-state index contributed by atoms with van der Waals surface area (Å²) in [7, 11) is 0. The van der Waals surface area contributed by atoms with Crippen molar-refractivity contribution < 1.29 is 9.90 Å². The van der Waals surface area contributed by atoms with E-state index in [-0.39, 0.29) is 6.04 Å². The number of nitrogens with zero attached hydrogens (tertiary/aromatic N) is 1. The van der Waals surface area contributed by atoms with Gasteiger partial charge in [0.25, 0.3) is 0 Å². The van der Waals surface area contributed by atoms with E-state index in [4.69, 9.17) is 5.73 Å². The maximum absolute atomic E-state index is 11.4. The highest BCUT2D eigenvalue weighted by atomic mass is 16.4. The minimum atomic E-state index is -0.744. The Balaban J connectivity index is 2.87. The van der Waals surface area contributed by atoms with E-state index < -0.39 is 12.0 Å². The molecule has 0 aliphatic heterocycles. The fraction of sp³-hybridized carbons (Fsp3) is 0.533. The molecule has 0 aromatic heterocycles. The van der Waals surface area contributed by atoms with Crippen LogP contribution in [0.5, 0.6) is 0 Å². The van der Waals surface area contributed by atoms with Crippen LogP contribution < -0.4 is 5.73 Å². The molecule has 0 bridgehead atoms. The van der Waals surface area contributed by atoms with Gasteiger partial charge in [0.05, 0.1) is 0 Å². The Hall–Kier alpha value is -1.55. The number of carboxylic acids is 1. The van der Waals surface area contributed by atoms with Gasteiger partial charge in [0.1, 0.15) is 6.04 Å². The van der Waals surface area contributed by atoms with Crippen molar-refractivity contribution in [2.24, 2.45) is 0 Å². The lowest BCUT2D eigenvalue weighted by Gasteiger charge is -2.32. The van der Waals surface area contributed by atoms with Crippen molar-refractivity contribution in [3.63, 3.8) is 0 Å². The molecule has 1 aromatic carbocycles. The third-order valence-corrected chi connectivity index (χ3v) is 3.26. The highest BCUT2D eigenvalue weighted by molar-refractivity contribution is 5.73. The lowest BCUT2D eigenvalue weighted by molar-refractivity contribution is -0.144. The fourth-order valence-corrected chi connectivity index (χ4v) is 2.19. The Morgan fingerprint density at radius 1 is 1.32 bits per heavy atom. The zero-order valence-electron chi connectivity index (χ0n) is 12.0. The third kappa shape index (κ3) is 4.56. The van der Waals surface area contributed by atoms with Crippen LogP contribution in [0.1, 0.15) is 39.2 Å². The Morgan fingerprint density at radius 3 is 2.32 bits per heavy atom. The first-order chi connectivity index (χ1) is 8.95. The van der Waals surface area contributed by atoms with E-state index in [1.165, 1.54) is 0 Å². The van der Waals surface area contributed by atoms with E-state index in [1.807, 2.05) is 49.9 Å². The number of nitrogens with two attached hydrogens (primary N) is 1. The van der Waals surface area contributed by atoms with Crippen LogP contribution in [0.3, 0.4) is 0 Å². The topological polar surface area (TPSA) is 66.6 Å². The molecular weight excluding hydrogens is 240 g/mol. The first kappa shape index (κ1) is 15.5. The summed E-state index contributed by atoms with van der Waals surface area (Å²) in [6.45, 7) is 6.71. The van der Waals surface area contributed by atoms with E-state index in [9.17, 15) is 9.90 Å². The first-order valence-corrected chi connectivity index (χ1v) is 6.78. The van der Waals surface area contributed by atoms with Crippen LogP contribution in [0.25, 0.3) is 0 Å². The number of carbonyl (C=O) groups is 1. The Morgan fingerprint density at radius 2 is 1.89 bits per heavy atom. The zero-order valence-corrected chi connectivity index (χ0v) is 12.0. The highest BCUT2D eigenvalue weighted by Crippen LogP contribution is 2.17. The number of anilines is 1. The minimum Gasteiger partial charge on any atom is -0.480 e. The molecule has 0 aliphatic rings. The second-order valence-electron chi connectivity index (χ2n) is 5.15. The molecule has 3 N–H and O–H groups in total. The quantitative estimate of drug-likeness (QED) is 0.743. The maximum Gasteiger partial charge on any atom is 0.320 e. The summed E-state index contributed by atoms with van der Waals surface area (Å²) in [6, 6.07) is 7.37. The minimum absolute atomic E-state index is 0.185. The molecule has 19 heavy (non-hydrogen) atoms. The van der Waals surface area contributed by atoms with Crippen LogP contribution >= 0.6 is 0 Å². The first-order valence-electron chi connectivity index (χ1n) is 6.78. The number of carboxylic acid groups (broad SMARTS) is 1. The molecule has 4 heteroatoms. The largest absolute Gasteiger partial charge is 0.480 e. The maximum atomic E-state index is 11.4.